The van der Waals surface area contributed by atoms with E-state index in [2.05, 4.69) is 10.2 Å². The van der Waals surface area contributed by atoms with Crippen LogP contribution in [0.25, 0.3) is 0 Å². The molecule has 1 heterocycles. The van der Waals surface area contributed by atoms with E-state index in [1.165, 1.54) is 12.1 Å². The number of likely N-dealkylation sites (N-methyl/N-ethyl adjacent to an activating group) is 1. The Hall–Kier alpha value is -1.62. The summed E-state index contributed by atoms with van der Waals surface area (Å²) in [6.07, 6.45) is 2.00. The molecule has 0 aliphatic carbocycles. The molecule has 1 aliphatic rings. The zero-order chi connectivity index (χ0) is 14.5. The lowest BCUT2D eigenvalue weighted by Crippen LogP contribution is -2.43. The van der Waals surface area contributed by atoms with Crippen molar-refractivity contribution in [3.8, 4) is 0 Å². The Bertz CT molecular complexity index is 439. The standard InChI is InChI=1S/C15H22FN3O/c1-18(2)15(20)11-19-9-7-14(8-10-19)17-13-5-3-12(16)4-6-13/h3-6,14,17H,7-11H2,1-2H3. The van der Waals surface area contributed by atoms with Crippen molar-refractivity contribution in [3.63, 3.8) is 0 Å². The van der Waals surface area contributed by atoms with E-state index >= 15 is 0 Å². The van der Waals surface area contributed by atoms with Crippen LogP contribution in [-0.4, -0.2) is 55.5 Å². The number of nitrogens with zero attached hydrogens (tertiary/aromatic N) is 2. The van der Waals surface area contributed by atoms with Crippen molar-refractivity contribution in [1.82, 2.24) is 9.80 Å². The van der Waals surface area contributed by atoms with Gasteiger partial charge >= 0.3 is 0 Å². The largest absolute Gasteiger partial charge is 0.382 e. The summed E-state index contributed by atoms with van der Waals surface area (Å²) in [5, 5.41) is 3.42. The first-order valence-electron chi connectivity index (χ1n) is 6.99. The van der Waals surface area contributed by atoms with Crippen molar-refractivity contribution in [1.29, 1.82) is 0 Å². The van der Waals surface area contributed by atoms with Crippen molar-refractivity contribution in [3.05, 3.63) is 30.1 Å². The molecule has 20 heavy (non-hydrogen) atoms. The number of halogens is 1. The molecule has 0 aromatic heterocycles. The number of nitrogens with one attached hydrogen (secondary N) is 1. The molecule has 5 heteroatoms. The van der Waals surface area contributed by atoms with Gasteiger partial charge in [-0.2, -0.15) is 0 Å². The Labute approximate surface area is 119 Å². The van der Waals surface area contributed by atoms with Gasteiger partial charge in [-0.3, -0.25) is 9.69 Å². The molecule has 0 saturated carbocycles. The molecule has 2 rings (SSSR count). The van der Waals surface area contributed by atoms with Gasteiger partial charge in [0.1, 0.15) is 5.82 Å². The normalized spacial score (nSPS) is 16.9. The van der Waals surface area contributed by atoms with E-state index in [0.29, 0.717) is 12.6 Å². The van der Waals surface area contributed by atoms with Crippen LogP contribution in [0.15, 0.2) is 24.3 Å². The molecule has 4 nitrogen and oxygen atoms in total. The molecule has 1 fully saturated rings. The van der Waals surface area contributed by atoms with Gasteiger partial charge in [0, 0.05) is 38.9 Å². The topological polar surface area (TPSA) is 35.6 Å². The van der Waals surface area contributed by atoms with Gasteiger partial charge < -0.3 is 10.2 Å². The van der Waals surface area contributed by atoms with Crippen molar-refractivity contribution < 1.29 is 9.18 Å². The van der Waals surface area contributed by atoms with Crippen LogP contribution in [0.3, 0.4) is 0 Å². The fraction of sp³-hybridized carbons (Fsp3) is 0.533. The fourth-order valence-corrected chi connectivity index (χ4v) is 2.35. The highest BCUT2D eigenvalue weighted by molar-refractivity contribution is 5.77. The van der Waals surface area contributed by atoms with E-state index in [-0.39, 0.29) is 11.7 Å². The molecule has 0 radical (unpaired) electrons. The van der Waals surface area contributed by atoms with E-state index in [0.717, 1.165) is 31.6 Å². The van der Waals surface area contributed by atoms with Crippen LogP contribution in [-0.2, 0) is 4.79 Å². The number of hydrogen-bond donors (Lipinski definition) is 1. The number of hydrogen-bond acceptors (Lipinski definition) is 3. The second kappa shape index (κ2) is 6.70. The van der Waals surface area contributed by atoms with Crippen LogP contribution in [0.1, 0.15) is 12.8 Å². The number of anilines is 1. The first-order valence-corrected chi connectivity index (χ1v) is 6.99. The lowest BCUT2D eigenvalue weighted by molar-refractivity contribution is -0.130. The van der Waals surface area contributed by atoms with Gasteiger partial charge in [0.2, 0.25) is 5.91 Å². The predicted molar refractivity (Wildman–Crippen MR) is 78.2 cm³/mol. The van der Waals surface area contributed by atoms with Crippen LogP contribution in [0.5, 0.6) is 0 Å². The minimum atomic E-state index is -0.215. The third-order valence-corrected chi connectivity index (χ3v) is 3.66. The number of likely N-dealkylation sites (tertiary alicyclic amines) is 1. The zero-order valence-corrected chi connectivity index (χ0v) is 12.1. The second-order valence-corrected chi connectivity index (χ2v) is 5.49. The fourth-order valence-electron chi connectivity index (χ4n) is 2.35. The molecule has 1 aromatic carbocycles. The zero-order valence-electron chi connectivity index (χ0n) is 12.1. The Kier molecular flexibility index (Phi) is 4.95. The monoisotopic (exact) mass is 279 g/mol. The highest BCUT2D eigenvalue weighted by Crippen LogP contribution is 2.17. The Balaban J connectivity index is 1.77. The Morgan fingerprint density at radius 1 is 1.30 bits per heavy atom. The minimum absolute atomic E-state index is 0.148. The third-order valence-electron chi connectivity index (χ3n) is 3.66. The van der Waals surface area contributed by atoms with E-state index in [9.17, 15) is 9.18 Å². The minimum Gasteiger partial charge on any atom is -0.382 e. The Morgan fingerprint density at radius 3 is 2.45 bits per heavy atom. The van der Waals surface area contributed by atoms with Gasteiger partial charge in [-0.1, -0.05) is 0 Å². The molecule has 1 N–H and O–H groups in total. The van der Waals surface area contributed by atoms with Gasteiger partial charge in [0.25, 0.3) is 0 Å². The van der Waals surface area contributed by atoms with Gasteiger partial charge in [0.05, 0.1) is 6.54 Å². The number of rotatable bonds is 4. The van der Waals surface area contributed by atoms with Crippen molar-refractivity contribution >= 4 is 11.6 Å². The average molecular weight is 279 g/mol. The molecule has 1 amide bonds. The number of carbonyl (C=O) groups is 1. The van der Waals surface area contributed by atoms with Crippen molar-refractivity contribution in [2.24, 2.45) is 0 Å². The van der Waals surface area contributed by atoms with E-state index in [1.807, 2.05) is 0 Å². The van der Waals surface area contributed by atoms with Gasteiger partial charge in [-0.05, 0) is 37.1 Å². The van der Waals surface area contributed by atoms with Crippen molar-refractivity contribution in [2.45, 2.75) is 18.9 Å². The number of piperidine rings is 1. The van der Waals surface area contributed by atoms with E-state index in [4.69, 9.17) is 0 Å². The maximum absolute atomic E-state index is 12.8. The summed E-state index contributed by atoms with van der Waals surface area (Å²) in [6, 6.07) is 6.85. The van der Waals surface area contributed by atoms with Gasteiger partial charge in [-0.25, -0.2) is 4.39 Å². The number of amides is 1. The summed E-state index contributed by atoms with van der Waals surface area (Å²) >= 11 is 0. The number of benzene rings is 1. The quantitative estimate of drug-likeness (QED) is 0.912. The molecule has 1 aliphatic heterocycles. The molecule has 1 aromatic rings. The first-order chi connectivity index (χ1) is 9.54. The highest BCUT2D eigenvalue weighted by Gasteiger charge is 2.21. The second-order valence-electron chi connectivity index (χ2n) is 5.49. The molecule has 110 valence electrons. The predicted octanol–water partition coefficient (Wildman–Crippen LogP) is 1.79. The summed E-state index contributed by atoms with van der Waals surface area (Å²) in [5.41, 5.74) is 0.953. The maximum atomic E-state index is 12.8. The van der Waals surface area contributed by atoms with E-state index < -0.39 is 0 Å². The van der Waals surface area contributed by atoms with Crippen molar-refractivity contribution in [2.75, 3.05) is 39.0 Å². The molecule has 0 spiro atoms. The summed E-state index contributed by atoms with van der Waals surface area (Å²) < 4.78 is 12.8. The molecule has 0 bridgehead atoms. The summed E-state index contributed by atoms with van der Waals surface area (Å²) in [7, 11) is 3.57. The lowest BCUT2D eigenvalue weighted by atomic mass is 10.0. The van der Waals surface area contributed by atoms with Crippen LogP contribution in [0.2, 0.25) is 0 Å². The lowest BCUT2D eigenvalue weighted by Gasteiger charge is -2.32. The third kappa shape index (κ3) is 4.20. The van der Waals surface area contributed by atoms with Gasteiger partial charge in [-0.15, -0.1) is 0 Å². The van der Waals surface area contributed by atoms with Crippen LogP contribution < -0.4 is 5.32 Å². The molecular weight excluding hydrogens is 257 g/mol. The molecule has 1 saturated heterocycles. The molecule has 0 unspecified atom stereocenters. The van der Waals surface area contributed by atoms with Crippen LogP contribution in [0, 0.1) is 5.82 Å². The van der Waals surface area contributed by atoms with Crippen LogP contribution in [0.4, 0.5) is 10.1 Å². The summed E-state index contributed by atoms with van der Waals surface area (Å²) in [6.45, 7) is 2.33. The summed E-state index contributed by atoms with van der Waals surface area (Å²) in [4.78, 5) is 15.5. The molecule has 0 atom stereocenters. The van der Waals surface area contributed by atoms with Crippen LogP contribution >= 0.6 is 0 Å². The average Bonchev–Trinajstić information content (AvgIpc) is 2.43. The Morgan fingerprint density at radius 2 is 1.90 bits per heavy atom. The number of carbonyl (C=O) groups excluding carboxylic acids is 1. The summed E-state index contributed by atoms with van der Waals surface area (Å²) in [5.74, 6) is -0.0671. The van der Waals surface area contributed by atoms with E-state index in [1.54, 1.807) is 31.1 Å². The maximum Gasteiger partial charge on any atom is 0.236 e. The highest BCUT2D eigenvalue weighted by atomic mass is 19.1. The van der Waals surface area contributed by atoms with Gasteiger partial charge in [0.15, 0.2) is 0 Å². The molecular formula is C15H22FN3O. The first kappa shape index (κ1) is 14.8. The SMILES string of the molecule is CN(C)C(=O)CN1CCC(Nc2ccc(F)cc2)CC1. The smallest absolute Gasteiger partial charge is 0.236 e.